The quantitative estimate of drug-likeness (QED) is 0.513. The first kappa shape index (κ1) is 15.2. The van der Waals surface area contributed by atoms with E-state index in [0.717, 1.165) is 22.8 Å². The monoisotopic (exact) mass is 376 g/mol. The van der Waals surface area contributed by atoms with Crippen molar-refractivity contribution < 1.29 is 9.13 Å². The van der Waals surface area contributed by atoms with Gasteiger partial charge in [0.25, 0.3) is 0 Å². The molecule has 1 aromatic carbocycles. The molecule has 0 N–H and O–H groups in total. The summed E-state index contributed by atoms with van der Waals surface area (Å²) in [6.07, 6.45) is 5.19. The predicted octanol–water partition coefficient (Wildman–Crippen LogP) is 5.29. The van der Waals surface area contributed by atoms with Crippen molar-refractivity contribution >= 4 is 22.6 Å². The molecule has 1 saturated carbocycles. The molecular weight excluding hydrogens is 354 g/mol. The number of ether oxygens (including phenoxy) is 1. The molecule has 1 aliphatic carbocycles. The van der Waals surface area contributed by atoms with Gasteiger partial charge in [-0.1, -0.05) is 48.6 Å². The van der Waals surface area contributed by atoms with Gasteiger partial charge in [-0.25, -0.2) is 4.39 Å². The summed E-state index contributed by atoms with van der Waals surface area (Å²) in [5, 5.41) is 0. The van der Waals surface area contributed by atoms with E-state index in [9.17, 15) is 4.39 Å². The van der Waals surface area contributed by atoms with E-state index in [1.165, 1.54) is 25.0 Å². The maximum Gasteiger partial charge on any atom is 0.123 e. The molecule has 3 heteroatoms. The Kier molecular flexibility index (Phi) is 5.23. The van der Waals surface area contributed by atoms with Gasteiger partial charge in [-0.15, -0.1) is 0 Å². The Bertz CT molecular complexity index is 392. The lowest BCUT2D eigenvalue weighted by Crippen LogP contribution is -2.28. The van der Waals surface area contributed by atoms with Crippen LogP contribution in [0.15, 0.2) is 24.3 Å². The first-order valence-electron chi connectivity index (χ1n) is 6.97. The van der Waals surface area contributed by atoms with Crippen LogP contribution < -0.4 is 0 Å². The number of benzene rings is 1. The highest BCUT2D eigenvalue weighted by atomic mass is 127. The van der Waals surface area contributed by atoms with Gasteiger partial charge < -0.3 is 4.74 Å². The fourth-order valence-corrected chi connectivity index (χ4v) is 3.34. The number of halogens is 2. The normalized spacial score (nSPS) is 21.3. The van der Waals surface area contributed by atoms with Crippen LogP contribution in [-0.4, -0.2) is 10.5 Å². The summed E-state index contributed by atoms with van der Waals surface area (Å²) in [6.45, 7) is 4.66. The summed E-state index contributed by atoms with van der Waals surface area (Å²) < 4.78 is 20.1. The molecule has 1 fully saturated rings. The molecule has 0 heterocycles. The number of hydrogen-bond acceptors (Lipinski definition) is 1. The minimum atomic E-state index is -0.185. The van der Waals surface area contributed by atoms with Gasteiger partial charge in [0.15, 0.2) is 0 Å². The minimum absolute atomic E-state index is 0.0902. The smallest absolute Gasteiger partial charge is 0.123 e. The zero-order chi connectivity index (χ0) is 13.9. The largest absolute Gasteiger partial charge is 0.369 e. The van der Waals surface area contributed by atoms with Crippen molar-refractivity contribution in [2.45, 2.75) is 51.7 Å². The van der Waals surface area contributed by atoms with Crippen molar-refractivity contribution in [3.05, 3.63) is 35.6 Å². The van der Waals surface area contributed by atoms with Crippen molar-refractivity contribution in [2.75, 3.05) is 4.43 Å². The maximum absolute atomic E-state index is 13.0. The standard InChI is InChI=1S/C16H22FIO/c1-16(2)9-7-14(8-10-16)19-15(11-18)12-3-5-13(17)6-4-12/h3-6,14-15H,7-11H2,1-2H3. The first-order valence-corrected chi connectivity index (χ1v) is 8.50. The summed E-state index contributed by atoms with van der Waals surface area (Å²) in [5.41, 5.74) is 1.55. The second-order valence-electron chi connectivity index (χ2n) is 6.19. The molecule has 0 saturated heterocycles. The van der Waals surface area contributed by atoms with Crippen molar-refractivity contribution in [1.29, 1.82) is 0 Å². The second kappa shape index (κ2) is 6.53. The fourth-order valence-electron chi connectivity index (χ4n) is 2.62. The van der Waals surface area contributed by atoms with E-state index in [1.807, 2.05) is 12.1 Å². The van der Waals surface area contributed by atoms with E-state index in [-0.39, 0.29) is 11.9 Å². The molecular formula is C16H22FIO. The molecule has 1 aliphatic rings. The van der Waals surface area contributed by atoms with Crippen molar-refractivity contribution in [2.24, 2.45) is 5.41 Å². The Morgan fingerprint density at radius 2 is 1.84 bits per heavy atom. The van der Waals surface area contributed by atoms with E-state index in [1.54, 1.807) is 0 Å². The Morgan fingerprint density at radius 3 is 2.37 bits per heavy atom. The van der Waals surface area contributed by atoms with E-state index in [4.69, 9.17) is 4.74 Å². The molecule has 1 atom stereocenters. The van der Waals surface area contributed by atoms with Gasteiger partial charge in [-0.05, 0) is 48.8 Å². The Hall–Kier alpha value is -0.160. The zero-order valence-corrected chi connectivity index (χ0v) is 13.8. The maximum atomic E-state index is 13.0. The predicted molar refractivity (Wildman–Crippen MR) is 85.2 cm³/mol. The molecule has 0 amide bonds. The third-order valence-corrected chi connectivity index (χ3v) is 4.82. The molecule has 106 valence electrons. The van der Waals surface area contributed by atoms with Gasteiger partial charge in [-0.2, -0.15) is 0 Å². The summed E-state index contributed by atoms with van der Waals surface area (Å²) >= 11 is 2.35. The average molecular weight is 376 g/mol. The summed E-state index contributed by atoms with van der Waals surface area (Å²) in [6, 6.07) is 6.71. The molecule has 0 aromatic heterocycles. The summed E-state index contributed by atoms with van der Waals surface area (Å²) in [5.74, 6) is -0.185. The number of rotatable bonds is 4. The van der Waals surface area contributed by atoms with Crippen LogP contribution in [0, 0.1) is 11.2 Å². The summed E-state index contributed by atoms with van der Waals surface area (Å²) in [7, 11) is 0. The number of hydrogen-bond donors (Lipinski definition) is 0. The fraction of sp³-hybridized carbons (Fsp3) is 0.625. The van der Waals surface area contributed by atoms with Crippen LogP contribution in [0.5, 0.6) is 0 Å². The highest BCUT2D eigenvalue weighted by Gasteiger charge is 2.28. The second-order valence-corrected chi connectivity index (χ2v) is 7.07. The van der Waals surface area contributed by atoms with Crippen LogP contribution in [0.2, 0.25) is 0 Å². The van der Waals surface area contributed by atoms with Gasteiger partial charge in [0.05, 0.1) is 12.2 Å². The van der Waals surface area contributed by atoms with Gasteiger partial charge >= 0.3 is 0 Å². The molecule has 1 nitrogen and oxygen atoms in total. The molecule has 0 bridgehead atoms. The van der Waals surface area contributed by atoms with E-state index >= 15 is 0 Å². The van der Waals surface area contributed by atoms with Crippen LogP contribution in [0.25, 0.3) is 0 Å². The van der Waals surface area contributed by atoms with Gasteiger partial charge in [0.1, 0.15) is 5.82 Å². The van der Waals surface area contributed by atoms with Crippen molar-refractivity contribution in [3.8, 4) is 0 Å². The lowest BCUT2D eigenvalue weighted by atomic mass is 9.76. The van der Waals surface area contributed by atoms with Crippen LogP contribution in [-0.2, 0) is 4.74 Å². The minimum Gasteiger partial charge on any atom is -0.369 e. The van der Waals surface area contributed by atoms with Gasteiger partial charge in [0.2, 0.25) is 0 Å². The molecule has 1 unspecified atom stereocenters. The Balaban J connectivity index is 1.94. The highest BCUT2D eigenvalue weighted by Crippen LogP contribution is 2.38. The Labute approximate surface area is 129 Å². The topological polar surface area (TPSA) is 9.23 Å². The molecule has 1 aromatic rings. The van der Waals surface area contributed by atoms with Crippen molar-refractivity contribution in [1.82, 2.24) is 0 Å². The Morgan fingerprint density at radius 1 is 1.26 bits per heavy atom. The third-order valence-electron chi connectivity index (χ3n) is 4.02. The van der Waals surface area contributed by atoms with Crippen LogP contribution in [0.3, 0.4) is 0 Å². The van der Waals surface area contributed by atoms with Crippen LogP contribution in [0.4, 0.5) is 4.39 Å². The van der Waals surface area contributed by atoms with Gasteiger partial charge in [-0.3, -0.25) is 0 Å². The van der Waals surface area contributed by atoms with Crippen LogP contribution in [0.1, 0.15) is 51.2 Å². The van der Waals surface area contributed by atoms with E-state index < -0.39 is 0 Å². The van der Waals surface area contributed by atoms with E-state index in [0.29, 0.717) is 11.5 Å². The molecule has 0 radical (unpaired) electrons. The average Bonchev–Trinajstić information content (AvgIpc) is 2.39. The molecule has 19 heavy (non-hydrogen) atoms. The third kappa shape index (κ3) is 4.42. The summed E-state index contributed by atoms with van der Waals surface area (Å²) in [4.78, 5) is 0. The molecule has 2 rings (SSSR count). The zero-order valence-electron chi connectivity index (χ0n) is 11.7. The molecule has 0 spiro atoms. The SMILES string of the molecule is CC1(C)CCC(OC(CI)c2ccc(F)cc2)CC1. The number of alkyl halides is 1. The van der Waals surface area contributed by atoms with Crippen molar-refractivity contribution in [3.63, 3.8) is 0 Å². The lowest BCUT2D eigenvalue weighted by molar-refractivity contribution is -0.0357. The van der Waals surface area contributed by atoms with Crippen LogP contribution >= 0.6 is 22.6 Å². The first-order chi connectivity index (χ1) is 9.00. The van der Waals surface area contributed by atoms with E-state index in [2.05, 4.69) is 36.4 Å². The lowest BCUT2D eigenvalue weighted by Gasteiger charge is -2.35. The van der Waals surface area contributed by atoms with Gasteiger partial charge in [0, 0.05) is 4.43 Å². The molecule has 0 aliphatic heterocycles. The highest BCUT2D eigenvalue weighted by molar-refractivity contribution is 14.1.